The van der Waals surface area contributed by atoms with E-state index in [0.717, 1.165) is 24.9 Å². The summed E-state index contributed by atoms with van der Waals surface area (Å²) in [5.74, 6) is 1.48. The van der Waals surface area contributed by atoms with E-state index in [-0.39, 0.29) is 0 Å². The average Bonchev–Trinajstić information content (AvgIpc) is 2.28. The molecule has 1 unspecified atom stereocenters. The van der Waals surface area contributed by atoms with Crippen LogP contribution in [-0.2, 0) is 6.42 Å². The Morgan fingerprint density at radius 3 is 2.59 bits per heavy atom. The fraction of sp³-hybridized carbons (Fsp3) is 0.625. The highest BCUT2D eigenvalue weighted by molar-refractivity contribution is 5.22. The molecular weight excluding hydrogens is 206 g/mol. The van der Waals surface area contributed by atoms with Crippen molar-refractivity contribution in [2.45, 2.75) is 40.5 Å². The van der Waals surface area contributed by atoms with Crippen molar-refractivity contribution in [2.75, 3.05) is 13.1 Å². The minimum absolute atomic E-state index is 0.736. The molecule has 1 nitrogen and oxygen atoms in total. The lowest BCUT2D eigenvalue weighted by Crippen LogP contribution is -2.28. The first kappa shape index (κ1) is 14.2. The zero-order valence-corrected chi connectivity index (χ0v) is 11.8. The van der Waals surface area contributed by atoms with Gasteiger partial charge in [0.05, 0.1) is 0 Å². The van der Waals surface area contributed by atoms with Crippen LogP contribution >= 0.6 is 0 Å². The molecule has 1 heteroatoms. The Morgan fingerprint density at radius 1 is 1.24 bits per heavy atom. The smallest absolute Gasteiger partial charge is 0.00149 e. The van der Waals surface area contributed by atoms with Crippen LogP contribution < -0.4 is 5.32 Å². The largest absolute Gasteiger partial charge is 0.316 e. The molecule has 0 saturated carbocycles. The summed E-state index contributed by atoms with van der Waals surface area (Å²) >= 11 is 0. The van der Waals surface area contributed by atoms with Gasteiger partial charge in [-0.05, 0) is 50.3 Å². The Bertz CT molecular complexity index is 317. The van der Waals surface area contributed by atoms with Crippen molar-refractivity contribution in [3.05, 3.63) is 35.4 Å². The minimum Gasteiger partial charge on any atom is -0.316 e. The van der Waals surface area contributed by atoms with Crippen LogP contribution in [0.15, 0.2) is 24.3 Å². The predicted molar refractivity (Wildman–Crippen MR) is 76.4 cm³/mol. The molecule has 17 heavy (non-hydrogen) atoms. The van der Waals surface area contributed by atoms with Crippen molar-refractivity contribution in [3.63, 3.8) is 0 Å². The van der Waals surface area contributed by atoms with Crippen LogP contribution in [0.25, 0.3) is 0 Å². The standard InChI is InChI=1S/C16H27N/c1-5-9-17-12-16(13(2)3)11-15-8-6-7-14(4)10-15/h6-8,10,13,16-17H,5,9,11-12H2,1-4H3. The molecule has 0 aliphatic rings. The fourth-order valence-corrected chi connectivity index (χ4v) is 2.15. The second-order valence-electron chi connectivity index (χ2n) is 5.40. The van der Waals surface area contributed by atoms with E-state index in [4.69, 9.17) is 0 Å². The molecule has 0 aliphatic heterocycles. The van der Waals surface area contributed by atoms with E-state index in [1.807, 2.05) is 0 Å². The molecule has 1 atom stereocenters. The molecule has 1 rings (SSSR count). The van der Waals surface area contributed by atoms with Gasteiger partial charge in [-0.3, -0.25) is 0 Å². The summed E-state index contributed by atoms with van der Waals surface area (Å²) in [7, 11) is 0. The molecule has 0 aliphatic carbocycles. The maximum absolute atomic E-state index is 3.55. The molecule has 0 spiro atoms. The SMILES string of the molecule is CCCNCC(Cc1cccc(C)c1)C(C)C. The average molecular weight is 233 g/mol. The third-order valence-electron chi connectivity index (χ3n) is 3.36. The molecule has 0 fully saturated rings. The van der Waals surface area contributed by atoms with Crippen molar-refractivity contribution in [3.8, 4) is 0 Å². The summed E-state index contributed by atoms with van der Waals surface area (Å²) in [6, 6.07) is 8.90. The maximum Gasteiger partial charge on any atom is -0.00149 e. The van der Waals surface area contributed by atoms with Crippen molar-refractivity contribution in [2.24, 2.45) is 11.8 Å². The van der Waals surface area contributed by atoms with Crippen LogP contribution in [0.5, 0.6) is 0 Å². The van der Waals surface area contributed by atoms with E-state index in [2.05, 4.69) is 57.3 Å². The first-order valence-corrected chi connectivity index (χ1v) is 6.89. The summed E-state index contributed by atoms with van der Waals surface area (Å²) < 4.78 is 0. The van der Waals surface area contributed by atoms with Crippen molar-refractivity contribution >= 4 is 0 Å². The van der Waals surface area contributed by atoms with Crippen LogP contribution in [-0.4, -0.2) is 13.1 Å². The summed E-state index contributed by atoms with van der Waals surface area (Å²) in [5, 5.41) is 3.55. The summed E-state index contributed by atoms with van der Waals surface area (Å²) in [6.45, 7) is 11.3. The Hall–Kier alpha value is -0.820. The van der Waals surface area contributed by atoms with Crippen molar-refractivity contribution in [1.82, 2.24) is 5.32 Å². The maximum atomic E-state index is 3.55. The Kier molecular flexibility index (Phi) is 6.28. The van der Waals surface area contributed by atoms with Crippen LogP contribution in [0, 0.1) is 18.8 Å². The highest BCUT2D eigenvalue weighted by Crippen LogP contribution is 2.17. The van der Waals surface area contributed by atoms with Crippen molar-refractivity contribution < 1.29 is 0 Å². The second-order valence-corrected chi connectivity index (χ2v) is 5.40. The van der Waals surface area contributed by atoms with Gasteiger partial charge in [-0.1, -0.05) is 50.6 Å². The van der Waals surface area contributed by atoms with Gasteiger partial charge in [0.1, 0.15) is 0 Å². The Morgan fingerprint density at radius 2 is 2.00 bits per heavy atom. The highest BCUT2D eigenvalue weighted by atomic mass is 14.9. The molecule has 1 aromatic carbocycles. The van der Waals surface area contributed by atoms with Crippen LogP contribution in [0.1, 0.15) is 38.3 Å². The third-order valence-corrected chi connectivity index (χ3v) is 3.36. The molecule has 0 aromatic heterocycles. The summed E-state index contributed by atoms with van der Waals surface area (Å²) in [4.78, 5) is 0. The molecule has 0 radical (unpaired) electrons. The number of benzene rings is 1. The minimum atomic E-state index is 0.736. The predicted octanol–water partition coefficient (Wildman–Crippen LogP) is 3.81. The van der Waals surface area contributed by atoms with Gasteiger partial charge >= 0.3 is 0 Å². The van der Waals surface area contributed by atoms with Gasteiger partial charge < -0.3 is 5.32 Å². The summed E-state index contributed by atoms with van der Waals surface area (Å²) in [5.41, 5.74) is 2.84. The molecule has 0 heterocycles. The van der Waals surface area contributed by atoms with E-state index >= 15 is 0 Å². The van der Waals surface area contributed by atoms with Gasteiger partial charge in [0.15, 0.2) is 0 Å². The van der Waals surface area contributed by atoms with Crippen LogP contribution in [0.3, 0.4) is 0 Å². The van der Waals surface area contributed by atoms with E-state index in [1.165, 1.54) is 24.0 Å². The van der Waals surface area contributed by atoms with E-state index in [9.17, 15) is 0 Å². The molecule has 1 N–H and O–H groups in total. The molecule has 0 saturated heterocycles. The quantitative estimate of drug-likeness (QED) is 0.706. The third kappa shape index (κ3) is 5.36. The topological polar surface area (TPSA) is 12.0 Å². The second kappa shape index (κ2) is 7.50. The first-order chi connectivity index (χ1) is 8.13. The Labute approximate surface area is 107 Å². The lowest BCUT2D eigenvalue weighted by Gasteiger charge is -2.21. The molecule has 0 amide bonds. The zero-order valence-electron chi connectivity index (χ0n) is 11.8. The van der Waals surface area contributed by atoms with Crippen LogP contribution in [0.2, 0.25) is 0 Å². The lowest BCUT2D eigenvalue weighted by atomic mass is 9.88. The molecule has 1 aromatic rings. The van der Waals surface area contributed by atoms with Gasteiger partial charge in [0.2, 0.25) is 0 Å². The number of hydrogen-bond donors (Lipinski definition) is 1. The van der Waals surface area contributed by atoms with Gasteiger partial charge in [-0.15, -0.1) is 0 Å². The van der Waals surface area contributed by atoms with Gasteiger partial charge in [0, 0.05) is 0 Å². The monoisotopic (exact) mass is 233 g/mol. The number of hydrogen-bond acceptors (Lipinski definition) is 1. The van der Waals surface area contributed by atoms with Gasteiger partial charge in [-0.2, -0.15) is 0 Å². The first-order valence-electron chi connectivity index (χ1n) is 6.89. The zero-order chi connectivity index (χ0) is 12.7. The molecular formula is C16H27N. The number of nitrogens with one attached hydrogen (secondary N) is 1. The van der Waals surface area contributed by atoms with E-state index in [0.29, 0.717) is 0 Å². The van der Waals surface area contributed by atoms with E-state index < -0.39 is 0 Å². The number of aryl methyl sites for hydroxylation is 1. The van der Waals surface area contributed by atoms with Gasteiger partial charge in [-0.25, -0.2) is 0 Å². The molecule has 96 valence electrons. The summed E-state index contributed by atoms with van der Waals surface area (Å²) in [6.07, 6.45) is 2.41. The number of rotatable bonds is 7. The van der Waals surface area contributed by atoms with E-state index in [1.54, 1.807) is 0 Å². The normalized spacial score (nSPS) is 13.0. The fourth-order valence-electron chi connectivity index (χ4n) is 2.15. The molecule has 0 bridgehead atoms. The highest BCUT2D eigenvalue weighted by Gasteiger charge is 2.13. The van der Waals surface area contributed by atoms with Gasteiger partial charge in [0.25, 0.3) is 0 Å². The lowest BCUT2D eigenvalue weighted by molar-refractivity contribution is 0.361. The van der Waals surface area contributed by atoms with Crippen molar-refractivity contribution in [1.29, 1.82) is 0 Å². The Balaban J connectivity index is 2.54. The van der Waals surface area contributed by atoms with Crippen LogP contribution in [0.4, 0.5) is 0 Å².